The van der Waals surface area contributed by atoms with Crippen molar-refractivity contribution in [3.05, 3.63) is 30.3 Å². The molecular formula is C12H18NO2P. The van der Waals surface area contributed by atoms with E-state index in [1.165, 1.54) is 0 Å². The van der Waals surface area contributed by atoms with E-state index in [1.807, 2.05) is 51.1 Å². The van der Waals surface area contributed by atoms with E-state index in [9.17, 15) is 4.79 Å². The number of ether oxygens (including phenoxy) is 1. The van der Waals surface area contributed by atoms with Gasteiger partial charge in [0.25, 0.3) is 0 Å². The fourth-order valence-electron chi connectivity index (χ4n) is 1.22. The lowest BCUT2D eigenvalue weighted by Crippen LogP contribution is -2.30. The molecule has 0 bridgehead atoms. The summed E-state index contributed by atoms with van der Waals surface area (Å²) in [6.07, 6.45) is 0. The van der Waals surface area contributed by atoms with Gasteiger partial charge in [-0.05, 0) is 42.3 Å². The third kappa shape index (κ3) is 4.63. The number of esters is 1. The first-order valence-electron chi connectivity index (χ1n) is 5.17. The Hall–Kier alpha value is -1.08. The van der Waals surface area contributed by atoms with Crippen LogP contribution in [0.4, 0.5) is 5.69 Å². The first-order chi connectivity index (χ1) is 7.38. The SMILES string of the molecule is CC(C)(C)OC(=O)CN(P)c1ccccc1. The van der Waals surface area contributed by atoms with E-state index < -0.39 is 5.60 Å². The van der Waals surface area contributed by atoms with Crippen LogP contribution in [0.15, 0.2) is 30.3 Å². The second kappa shape index (κ2) is 5.31. The molecular weight excluding hydrogens is 221 g/mol. The minimum atomic E-state index is -0.431. The van der Waals surface area contributed by atoms with Crippen LogP contribution in [-0.2, 0) is 9.53 Å². The maximum atomic E-state index is 11.6. The molecule has 0 aliphatic rings. The molecule has 0 aliphatic carbocycles. The van der Waals surface area contributed by atoms with Gasteiger partial charge in [-0.2, -0.15) is 0 Å². The fraction of sp³-hybridized carbons (Fsp3) is 0.417. The van der Waals surface area contributed by atoms with Gasteiger partial charge < -0.3 is 9.41 Å². The van der Waals surface area contributed by atoms with Crippen molar-refractivity contribution in [2.24, 2.45) is 0 Å². The first-order valence-corrected chi connectivity index (χ1v) is 5.69. The quantitative estimate of drug-likeness (QED) is 0.600. The van der Waals surface area contributed by atoms with Gasteiger partial charge in [-0.15, -0.1) is 0 Å². The zero-order chi connectivity index (χ0) is 12.2. The minimum absolute atomic E-state index is 0.228. The molecule has 1 aromatic carbocycles. The van der Waals surface area contributed by atoms with Crippen LogP contribution >= 0.6 is 9.39 Å². The summed E-state index contributed by atoms with van der Waals surface area (Å²) < 4.78 is 7.02. The topological polar surface area (TPSA) is 29.5 Å². The number of hydrogen-bond acceptors (Lipinski definition) is 3. The second-order valence-electron chi connectivity index (χ2n) is 4.55. The number of rotatable bonds is 3. The number of carbonyl (C=O) groups excluding carboxylic acids is 1. The Bertz CT molecular complexity index is 346. The number of anilines is 1. The normalized spacial score (nSPS) is 11.0. The van der Waals surface area contributed by atoms with Gasteiger partial charge in [0.15, 0.2) is 0 Å². The zero-order valence-corrected chi connectivity index (χ0v) is 11.1. The number of hydrogen-bond donors (Lipinski definition) is 0. The van der Waals surface area contributed by atoms with E-state index in [-0.39, 0.29) is 12.5 Å². The Balaban J connectivity index is 2.52. The van der Waals surface area contributed by atoms with E-state index in [2.05, 4.69) is 9.39 Å². The molecule has 0 radical (unpaired) electrons. The number of benzene rings is 1. The molecule has 1 unspecified atom stereocenters. The van der Waals surface area contributed by atoms with Gasteiger partial charge in [-0.1, -0.05) is 18.2 Å². The summed E-state index contributed by atoms with van der Waals surface area (Å²) in [5.41, 5.74) is 0.539. The van der Waals surface area contributed by atoms with Crippen LogP contribution in [0.2, 0.25) is 0 Å². The first kappa shape index (κ1) is 13.0. The Morgan fingerprint density at radius 2 is 1.88 bits per heavy atom. The summed E-state index contributed by atoms with van der Waals surface area (Å²) >= 11 is 0. The Morgan fingerprint density at radius 3 is 2.38 bits per heavy atom. The number of carbonyl (C=O) groups is 1. The van der Waals surface area contributed by atoms with Crippen molar-refractivity contribution in [2.45, 2.75) is 26.4 Å². The van der Waals surface area contributed by atoms with Crippen molar-refractivity contribution in [1.82, 2.24) is 0 Å². The predicted octanol–water partition coefficient (Wildman–Crippen LogP) is 2.62. The molecule has 1 rings (SSSR count). The maximum absolute atomic E-state index is 11.6. The molecule has 1 atom stereocenters. The van der Waals surface area contributed by atoms with Crippen LogP contribution in [0.5, 0.6) is 0 Å². The van der Waals surface area contributed by atoms with Gasteiger partial charge in [0.05, 0.1) is 0 Å². The highest BCUT2D eigenvalue weighted by Crippen LogP contribution is 2.17. The summed E-state index contributed by atoms with van der Waals surface area (Å²) in [7, 11) is 2.52. The van der Waals surface area contributed by atoms with Crippen LogP contribution in [0.25, 0.3) is 0 Å². The summed E-state index contributed by atoms with van der Waals surface area (Å²) in [5.74, 6) is -0.230. The lowest BCUT2D eigenvalue weighted by molar-refractivity contribution is -0.152. The molecule has 0 saturated carbocycles. The largest absolute Gasteiger partial charge is 0.459 e. The summed E-state index contributed by atoms with van der Waals surface area (Å²) in [6.45, 7) is 5.81. The molecule has 0 amide bonds. The molecule has 0 N–H and O–H groups in total. The molecule has 0 fully saturated rings. The van der Waals surface area contributed by atoms with E-state index in [0.717, 1.165) is 5.69 Å². The van der Waals surface area contributed by atoms with Crippen LogP contribution in [0.3, 0.4) is 0 Å². The minimum Gasteiger partial charge on any atom is -0.459 e. The molecule has 16 heavy (non-hydrogen) atoms. The van der Waals surface area contributed by atoms with E-state index in [1.54, 1.807) is 4.67 Å². The van der Waals surface area contributed by atoms with Crippen LogP contribution in [-0.4, -0.2) is 18.1 Å². The van der Waals surface area contributed by atoms with Gasteiger partial charge in [0.1, 0.15) is 12.1 Å². The molecule has 3 nitrogen and oxygen atoms in total. The second-order valence-corrected chi connectivity index (χ2v) is 5.17. The van der Waals surface area contributed by atoms with Gasteiger partial charge in [0, 0.05) is 5.69 Å². The smallest absolute Gasteiger partial charge is 0.326 e. The van der Waals surface area contributed by atoms with Crippen molar-refractivity contribution < 1.29 is 9.53 Å². The Kier molecular flexibility index (Phi) is 4.31. The fourth-order valence-corrected chi connectivity index (χ4v) is 1.54. The molecule has 0 aromatic heterocycles. The predicted molar refractivity (Wildman–Crippen MR) is 69.3 cm³/mol. The van der Waals surface area contributed by atoms with Crippen LogP contribution < -0.4 is 4.67 Å². The highest BCUT2D eigenvalue weighted by Gasteiger charge is 2.17. The average Bonchev–Trinajstić information content (AvgIpc) is 2.16. The molecule has 1 aromatic rings. The maximum Gasteiger partial charge on any atom is 0.326 e. The van der Waals surface area contributed by atoms with Crippen molar-refractivity contribution >= 4 is 21.0 Å². The van der Waals surface area contributed by atoms with Gasteiger partial charge >= 0.3 is 5.97 Å². The highest BCUT2D eigenvalue weighted by molar-refractivity contribution is 7.19. The molecule has 88 valence electrons. The lowest BCUT2D eigenvalue weighted by Gasteiger charge is -2.23. The third-order valence-electron chi connectivity index (χ3n) is 1.81. The monoisotopic (exact) mass is 239 g/mol. The standard InChI is InChI=1S/C12H18NO2P/c1-12(2,3)15-11(14)9-13(16)10-7-5-4-6-8-10/h4-8H,9,16H2,1-3H3. The molecule has 0 aliphatic heterocycles. The van der Waals surface area contributed by atoms with Crippen molar-refractivity contribution in [1.29, 1.82) is 0 Å². The van der Waals surface area contributed by atoms with Crippen molar-refractivity contribution in [3.8, 4) is 0 Å². The van der Waals surface area contributed by atoms with E-state index >= 15 is 0 Å². The van der Waals surface area contributed by atoms with E-state index in [0.29, 0.717) is 0 Å². The summed E-state index contributed by atoms with van der Waals surface area (Å²) in [5, 5.41) is 0. The Morgan fingerprint density at radius 1 is 1.31 bits per heavy atom. The van der Waals surface area contributed by atoms with Gasteiger partial charge in [-0.3, -0.25) is 4.79 Å². The van der Waals surface area contributed by atoms with Crippen LogP contribution in [0, 0.1) is 0 Å². The summed E-state index contributed by atoms with van der Waals surface area (Å²) in [4.78, 5) is 11.6. The zero-order valence-electron chi connectivity index (χ0n) is 9.93. The molecule has 4 heteroatoms. The lowest BCUT2D eigenvalue weighted by atomic mass is 10.2. The van der Waals surface area contributed by atoms with Gasteiger partial charge in [-0.25, -0.2) is 0 Å². The molecule has 0 spiro atoms. The Labute approximate surface area is 99.0 Å². The van der Waals surface area contributed by atoms with Crippen molar-refractivity contribution in [3.63, 3.8) is 0 Å². The summed E-state index contributed by atoms with van der Waals surface area (Å²) in [6, 6.07) is 9.69. The average molecular weight is 239 g/mol. The molecule has 0 saturated heterocycles. The number of para-hydroxylation sites is 1. The van der Waals surface area contributed by atoms with Gasteiger partial charge in [0.2, 0.25) is 0 Å². The van der Waals surface area contributed by atoms with Crippen LogP contribution in [0.1, 0.15) is 20.8 Å². The molecule has 0 heterocycles. The highest BCUT2D eigenvalue weighted by atomic mass is 31.0. The van der Waals surface area contributed by atoms with E-state index in [4.69, 9.17) is 4.74 Å². The third-order valence-corrected chi connectivity index (χ3v) is 2.29. The van der Waals surface area contributed by atoms with Crippen molar-refractivity contribution in [2.75, 3.05) is 11.2 Å². The number of nitrogens with zero attached hydrogens (tertiary/aromatic N) is 1.